The number of amides is 1. The van der Waals surface area contributed by atoms with Crippen LogP contribution in [0.3, 0.4) is 0 Å². The molecule has 0 saturated carbocycles. The van der Waals surface area contributed by atoms with Gasteiger partial charge < -0.3 is 4.90 Å². The second-order valence-electron chi connectivity index (χ2n) is 8.85. The largest absolute Gasteiger partial charge is 0.416 e. The molecule has 2 saturated heterocycles. The van der Waals surface area contributed by atoms with Crippen LogP contribution >= 0.6 is 0 Å². The number of aromatic nitrogens is 2. The fourth-order valence-electron chi connectivity index (χ4n) is 4.53. The Labute approximate surface area is 197 Å². The minimum absolute atomic E-state index is 0.0650. The van der Waals surface area contributed by atoms with Crippen molar-refractivity contribution in [3.05, 3.63) is 47.8 Å². The highest BCUT2D eigenvalue weighted by molar-refractivity contribution is 7.89. The maximum atomic E-state index is 13.1. The summed E-state index contributed by atoms with van der Waals surface area (Å²) >= 11 is 0. The number of piperazine rings is 1. The van der Waals surface area contributed by atoms with E-state index in [4.69, 9.17) is 0 Å². The topological polar surface area (TPSA) is 78.8 Å². The van der Waals surface area contributed by atoms with Crippen molar-refractivity contribution in [2.45, 2.75) is 30.5 Å². The second-order valence-corrected chi connectivity index (χ2v) is 10.8. The maximum Gasteiger partial charge on any atom is 0.416 e. The summed E-state index contributed by atoms with van der Waals surface area (Å²) in [5, 5.41) is 3.93. The summed E-state index contributed by atoms with van der Waals surface area (Å²) in [5.74, 6) is -0.472. The molecule has 0 spiro atoms. The summed E-state index contributed by atoms with van der Waals surface area (Å²) < 4.78 is 67.5. The van der Waals surface area contributed by atoms with Crippen molar-refractivity contribution in [3.8, 4) is 0 Å². The van der Waals surface area contributed by atoms with Gasteiger partial charge in [-0.15, -0.1) is 0 Å². The first-order valence-corrected chi connectivity index (χ1v) is 12.6. The Morgan fingerprint density at radius 1 is 1.15 bits per heavy atom. The van der Waals surface area contributed by atoms with Crippen molar-refractivity contribution in [2.75, 3.05) is 39.3 Å². The highest BCUT2D eigenvalue weighted by Gasteiger charge is 2.36. The second kappa shape index (κ2) is 9.67. The van der Waals surface area contributed by atoms with Crippen LogP contribution in [-0.2, 0) is 34.6 Å². The molecule has 186 valence electrons. The number of hydrogen-bond acceptors (Lipinski definition) is 5. The molecule has 1 aromatic carbocycles. The molecule has 3 heterocycles. The number of aryl methyl sites for hydroxylation is 1. The molecule has 8 nitrogen and oxygen atoms in total. The van der Waals surface area contributed by atoms with Crippen LogP contribution in [0.1, 0.15) is 24.0 Å². The fourth-order valence-corrected chi connectivity index (χ4v) is 6.04. The summed E-state index contributed by atoms with van der Waals surface area (Å²) in [5.41, 5.74) is -0.0833. The highest BCUT2D eigenvalue weighted by Crippen LogP contribution is 2.30. The van der Waals surface area contributed by atoms with E-state index in [1.54, 1.807) is 18.0 Å². The van der Waals surface area contributed by atoms with Crippen LogP contribution in [0.2, 0.25) is 0 Å². The Kier molecular flexibility index (Phi) is 7.02. The number of nitrogens with zero attached hydrogens (tertiary/aromatic N) is 5. The van der Waals surface area contributed by atoms with Crippen molar-refractivity contribution < 1.29 is 26.4 Å². The van der Waals surface area contributed by atoms with E-state index >= 15 is 0 Å². The van der Waals surface area contributed by atoms with Crippen LogP contribution in [-0.4, -0.2) is 77.5 Å². The van der Waals surface area contributed by atoms with Crippen LogP contribution in [0, 0.1) is 5.92 Å². The standard InChI is InChI=1S/C22H28F3N5O3S/c1-27-16-20(13-26-27)34(32,33)30-7-3-5-18(15-30)21(31)29-10-8-28(9-11-29)14-17-4-2-6-19(12-17)22(23,24)25/h2,4,6,12-13,16,18H,3,5,7-11,14-15H2,1H3. The normalized spacial score (nSPS) is 21.1. The number of alkyl halides is 3. The third-order valence-electron chi connectivity index (χ3n) is 6.40. The van der Waals surface area contributed by atoms with Crippen LogP contribution in [0.4, 0.5) is 13.2 Å². The van der Waals surface area contributed by atoms with Gasteiger partial charge in [0.1, 0.15) is 4.90 Å². The van der Waals surface area contributed by atoms with Gasteiger partial charge in [-0.3, -0.25) is 14.4 Å². The predicted octanol–water partition coefficient (Wildman–Crippen LogP) is 2.18. The fraction of sp³-hybridized carbons (Fsp3) is 0.545. The van der Waals surface area contributed by atoms with Gasteiger partial charge in [0.05, 0.1) is 17.7 Å². The average Bonchev–Trinajstić information content (AvgIpc) is 3.26. The molecule has 1 atom stereocenters. The number of carbonyl (C=O) groups excluding carboxylic acids is 1. The van der Waals surface area contributed by atoms with Gasteiger partial charge in [0.2, 0.25) is 15.9 Å². The molecule has 1 amide bonds. The first-order valence-electron chi connectivity index (χ1n) is 11.2. The molecule has 0 bridgehead atoms. The predicted molar refractivity (Wildman–Crippen MR) is 118 cm³/mol. The quantitative estimate of drug-likeness (QED) is 0.630. The Bertz CT molecular complexity index is 1130. The highest BCUT2D eigenvalue weighted by atomic mass is 32.2. The van der Waals surface area contributed by atoms with Gasteiger partial charge >= 0.3 is 6.18 Å². The summed E-state index contributed by atoms with van der Waals surface area (Å²) in [6.07, 6.45) is -0.387. The van der Waals surface area contributed by atoms with Gasteiger partial charge in [0.15, 0.2) is 0 Å². The molecule has 2 aromatic rings. The molecule has 2 aliphatic heterocycles. The van der Waals surface area contributed by atoms with Crippen molar-refractivity contribution in [3.63, 3.8) is 0 Å². The molecule has 2 fully saturated rings. The molecule has 12 heteroatoms. The number of halogens is 3. The van der Waals surface area contributed by atoms with Crippen molar-refractivity contribution in [1.82, 2.24) is 23.9 Å². The van der Waals surface area contributed by atoms with Crippen molar-refractivity contribution in [1.29, 1.82) is 0 Å². The van der Waals surface area contributed by atoms with Crippen molar-refractivity contribution >= 4 is 15.9 Å². The van der Waals surface area contributed by atoms with E-state index in [1.165, 1.54) is 27.4 Å². The van der Waals surface area contributed by atoms with Gasteiger partial charge in [0.25, 0.3) is 0 Å². The van der Waals surface area contributed by atoms with E-state index in [-0.39, 0.29) is 17.3 Å². The lowest BCUT2D eigenvalue weighted by Gasteiger charge is -2.38. The van der Waals surface area contributed by atoms with Crippen LogP contribution in [0.25, 0.3) is 0 Å². The molecule has 0 aliphatic carbocycles. The zero-order valence-corrected chi connectivity index (χ0v) is 19.7. The smallest absolute Gasteiger partial charge is 0.340 e. The Morgan fingerprint density at radius 2 is 1.88 bits per heavy atom. The third kappa shape index (κ3) is 5.44. The summed E-state index contributed by atoms with van der Waals surface area (Å²) in [6.45, 7) is 2.91. The monoisotopic (exact) mass is 499 g/mol. The number of piperidine rings is 1. The van der Waals surface area contributed by atoms with E-state index in [1.807, 2.05) is 4.90 Å². The zero-order chi connectivity index (χ0) is 24.5. The number of benzene rings is 1. The number of sulfonamides is 1. The lowest BCUT2D eigenvalue weighted by Crippen LogP contribution is -2.52. The van der Waals surface area contributed by atoms with E-state index in [2.05, 4.69) is 5.10 Å². The number of rotatable bonds is 5. The number of hydrogen-bond donors (Lipinski definition) is 0. The molecule has 0 N–H and O–H groups in total. The van der Waals surface area contributed by atoms with Gasteiger partial charge in [-0.2, -0.15) is 22.6 Å². The molecule has 2 aliphatic rings. The van der Waals surface area contributed by atoms with Crippen LogP contribution < -0.4 is 0 Å². The molecular weight excluding hydrogens is 471 g/mol. The minimum atomic E-state index is -4.38. The maximum absolute atomic E-state index is 13.1. The van der Waals surface area contributed by atoms with Crippen molar-refractivity contribution in [2.24, 2.45) is 13.0 Å². The van der Waals surface area contributed by atoms with E-state index < -0.39 is 27.7 Å². The average molecular weight is 500 g/mol. The Balaban J connectivity index is 1.33. The van der Waals surface area contributed by atoms with E-state index in [9.17, 15) is 26.4 Å². The lowest BCUT2D eigenvalue weighted by molar-refractivity contribution is -0.139. The van der Waals surface area contributed by atoms with E-state index in [0.29, 0.717) is 57.7 Å². The minimum Gasteiger partial charge on any atom is -0.340 e. The molecule has 34 heavy (non-hydrogen) atoms. The van der Waals surface area contributed by atoms with Gasteiger partial charge in [-0.1, -0.05) is 18.2 Å². The lowest BCUT2D eigenvalue weighted by atomic mass is 9.97. The molecular formula is C22H28F3N5O3S. The van der Waals surface area contributed by atoms with Gasteiger partial charge in [-0.25, -0.2) is 8.42 Å². The first kappa shape index (κ1) is 24.7. The summed E-state index contributed by atoms with van der Waals surface area (Å²) in [7, 11) is -2.06. The SMILES string of the molecule is Cn1cc(S(=O)(=O)N2CCCC(C(=O)N3CCN(Cc4cccc(C(F)(F)F)c4)CC3)C2)cn1. The summed E-state index contributed by atoms with van der Waals surface area (Å²) in [4.78, 5) is 17.0. The molecule has 1 aromatic heterocycles. The summed E-state index contributed by atoms with van der Waals surface area (Å²) in [6, 6.07) is 5.30. The van der Waals surface area contributed by atoms with Gasteiger partial charge in [-0.05, 0) is 24.5 Å². The molecule has 4 rings (SSSR count). The number of carbonyl (C=O) groups is 1. The van der Waals surface area contributed by atoms with E-state index in [0.717, 1.165) is 12.1 Å². The van der Waals surface area contributed by atoms with Crippen LogP contribution in [0.15, 0.2) is 41.6 Å². The van der Waals surface area contributed by atoms with Gasteiger partial charge in [0, 0.05) is 59.1 Å². The Hall–Kier alpha value is -2.44. The Morgan fingerprint density at radius 3 is 2.53 bits per heavy atom. The molecule has 0 radical (unpaired) electrons. The third-order valence-corrected chi connectivity index (χ3v) is 8.21. The van der Waals surface area contributed by atoms with Crippen LogP contribution in [0.5, 0.6) is 0 Å². The molecule has 1 unspecified atom stereocenters. The first-order chi connectivity index (χ1) is 16.0. The zero-order valence-electron chi connectivity index (χ0n) is 18.9.